The van der Waals surface area contributed by atoms with E-state index in [1.165, 1.54) is 54.9 Å². The lowest BCUT2D eigenvalue weighted by atomic mass is 9.85. The molecule has 6 aromatic carbocycles. The zero-order chi connectivity index (χ0) is 32.5. The molecule has 1 aliphatic rings. The van der Waals surface area contributed by atoms with Crippen LogP contribution in [0.1, 0.15) is 30.0 Å². The van der Waals surface area contributed by atoms with Crippen molar-refractivity contribution in [2.45, 2.75) is 19.8 Å². The maximum atomic E-state index is 5.83. The number of fused-ring (bicyclic) bond motifs is 6. The van der Waals surface area contributed by atoms with Crippen molar-refractivity contribution in [3.05, 3.63) is 175 Å². The first-order valence-corrected chi connectivity index (χ1v) is 16.7. The lowest BCUT2D eigenvalue weighted by Crippen LogP contribution is -1.97. The maximum Gasteiger partial charge on any atom is 0.0273 e. The van der Waals surface area contributed by atoms with Gasteiger partial charge in [-0.15, -0.1) is 0 Å². The van der Waals surface area contributed by atoms with Crippen molar-refractivity contribution in [2.24, 2.45) is 5.73 Å². The molecule has 2 heteroatoms. The van der Waals surface area contributed by atoms with Crippen LogP contribution in [0.3, 0.4) is 0 Å². The number of allylic oxidation sites excluding steroid dienone is 4. The molecule has 7 aromatic rings. The van der Waals surface area contributed by atoms with Gasteiger partial charge in [0.2, 0.25) is 0 Å². The third-order valence-electron chi connectivity index (χ3n) is 9.61. The normalized spacial score (nSPS) is 13.0. The van der Waals surface area contributed by atoms with E-state index in [1.807, 2.05) is 25.4 Å². The van der Waals surface area contributed by atoms with Gasteiger partial charge in [-0.3, -0.25) is 4.98 Å². The third kappa shape index (κ3) is 5.42. The Balaban J connectivity index is 1.21. The van der Waals surface area contributed by atoms with E-state index in [1.54, 1.807) is 6.20 Å². The Kier molecular flexibility index (Phi) is 7.76. The van der Waals surface area contributed by atoms with Crippen molar-refractivity contribution >= 4 is 33.2 Å². The minimum absolute atomic E-state index is 1.08. The van der Waals surface area contributed by atoms with Crippen molar-refractivity contribution in [1.82, 2.24) is 4.98 Å². The molecule has 0 amide bonds. The summed E-state index contributed by atoms with van der Waals surface area (Å²) in [5.41, 5.74) is 20.3. The van der Waals surface area contributed by atoms with Gasteiger partial charge in [0.1, 0.15) is 0 Å². The highest BCUT2D eigenvalue weighted by Crippen LogP contribution is 2.39. The first kappa shape index (κ1) is 29.4. The predicted octanol–water partition coefficient (Wildman–Crippen LogP) is 11.9. The van der Waals surface area contributed by atoms with Crippen molar-refractivity contribution in [2.75, 3.05) is 0 Å². The second-order valence-electron chi connectivity index (χ2n) is 12.4. The van der Waals surface area contributed by atoms with Crippen molar-refractivity contribution in [3.8, 4) is 44.5 Å². The van der Waals surface area contributed by atoms with E-state index in [0.29, 0.717) is 0 Å². The van der Waals surface area contributed by atoms with Gasteiger partial charge < -0.3 is 5.73 Å². The van der Waals surface area contributed by atoms with Crippen LogP contribution in [0.25, 0.3) is 77.7 Å². The van der Waals surface area contributed by atoms with E-state index in [-0.39, 0.29) is 0 Å². The molecule has 0 saturated carbocycles. The fourth-order valence-electron chi connectivity index (χ4n) is 7.25. The standard InChI is InChI=1S/C46H36N2/c1-2-31(19-22-47)38-27-39(32-20-23-48-24-21-32)29-40(28-38)36-12-8-10-34(26-36)33-9-7-11-35(25-33)37-17-18-45-43-15-4-3-13-41(43)42-14-5-6-16-44(42)46(45)30-37/h2,4-12,14-30H,3,13,47H2,1H3/b22-19-,31-2+. The Bertz CT molecular complexity index is 2410. The molecule has 230 valence electrons. The van der Waals surface area contributed by atoms with Gasteiger partial charge in [-0.1, -0.05) is 91.0 Å². The molecule has 48 heavy (non-hydrogen) atoms. The Morgan fingerprint density at radius 1 is 0.583 bits per heavy atom. The topological polar surface area (TPSA) is 38.9 Å². The minimum Gasteiger partial charge on any atom is -0.405 e. The van der Waals surface area contributed by atoms with Gasteiger partial charge in [0, 0.05) is 12.4 Å². The second kappa shape index (κ2) is 12.7. The summed E-state index contributed by atoms with van der Waals surface area (Å²) < 4.78 is 0. The lowest BCUT2D eigenvalue weighted by Gasteiger charge is -2.18. The summed E-state index contributed by atoms with van der Waals surface area (Å²) in [5.74, 6) is 0. The Labute approximate surface area is 282 Å². The van der Waals surface area contributed by atoms with Crippen molar-refractivity contribution in [3.63, 3.8) is 0 Å². The molecule has 1 aliphatic carbocycles. The van der Waals surface area contributed by atoms with Crippen LogP contribution < -0.4 is 5.73 Å². The first-order chi connectivity index (χ1) is 23.7. The maximum absolute atomic E-state index is 5.83. The molecular weight excluding hydrogens is 581 g/mol. The molecule has 0 fully saturated rings. The summed E-state index contributed by atoms with van der Waals surface area (Å²) in [4.78, 5) is 4.23. The van der Waals surface area contributed by atoms with Crippen molar-refractivity contribution < 1.29 is 0 Å². The highest BCUT2D eigenvalue weighted by Gasteiger charge is 2.16. The quantitative estimate of drug-likeness (QED) is 0.149. The number of rotatable bonds is 6. The summed E-state index contributed by atoms with van der Waals surface area (Å²) in [7, 11) is 0. The summed E-state index contributed by atoms with van der Waals surface area (Å²) in [6.07, 6.45) is 16.2. The van der Waals surface area contributed by atoms with Gasteiger partial charge in [0.15, 0.2) is 0 Å². The number of nitrogens with zero attached hydrogens (tertiary/aromatic N) is 1. The molecule has 0 atom stereocenters. The van der Waals surface area contributed by atoms with Gasteiger partial charge in [-0.25, -0.2) is 0 Å². The van der Waals surface area contributed by atoms with Gasteiger partial charge in [0.25, 0.3) is 0 Å². The molecule has 1 heterocycles. The molecule has 1 aromatic heterocycles. The second-order valence-corrected chi connectivity index (χ2v) is 12.4. The first-order valence-electron chi connectivity index (χ1n) is 16.7. The van der Waals surface area contributed by atoms with Gasteiger partial charge in [-0.05, 0) is 169 Å². The molecule has 2 N–H and O–H groups in total. The summed E-state index contributed by atoms with van der Waals surface area (Å²) >= 11 is 0. The lowest BCUT2D eigenvalue weighted by molar-refractivity contribution is 1.00. The predicted molar refractivity (Wildman–Crippen MR) is 205 cm³/mol. The number of hydrogen-bond acceptors (Lipinski definition) is 2. The van der Waals surface area contributed by atoms with E-state index < -0.39 is 0 Å². The summed E-state index contributed by atoms with van der Waals surface area (Å²) in [6, 6.07) is 44.5. The number of benzene rings is 6. The van der Waals surface area contributed by atoms with E-state index in [2.05, 4.69) is 145 Å². The number of hydrogen-bond donors (Lipinski definition) is 1. The fraction of sp³-hybridized carbons (Fsp3) is 0.0652. The number of aryl methyl sites for hydroxylation is 1. The molecule has 2 nitrogen and oxygen atoms in total. The fourth-order valence-corrected chi connectivity index (χ4v) is 7.25. The van der Waals surface area contributed by atoms with Crippen LogP contribution in [-0.2, 0) is 6.42 Å². The smallest absolute Gasteiger partial charge is 0.0273 e. The van der Waals surface area contributed by atoms with Crippen LogP contribution in [0.15, 0.2) is 158 Å². The summed E-state index contributed by atoms with van der Waals surface area (Å²) in [6.45, 7) is 2.05. The van der Waals surface area contributed by atoms with Crippen LogP contribution in [0.2, 0.25) is 0 Å². The minimum atomic E-state index is 1.08. The van der Waals surface area contributed by atoms with Gasteiger partial charge >= 0.3 is 0 Å². The molecule has 0 radical (unpaired) electrons. The molecular formula is C46H36N2. The van der Waals surface area contributed by atoms with E-state index in [9.17, 15) is 0 Å². The number of aromatic nitrogens is 1. The number of nitrogens with two attached hydrogens (primary N) is 1. The van der Waals surface area contributed by atoms with Crippen LogP contribution in [0.5, 0.6) is 0 Å². The molecule has 8 rings (SSSR count). The molecule has 0 spiro atoms. The van der Waals surface area contributed by atoms with E-state index >= 15 is 0 Å². The summed E-state index contributed by atoms with van der Waals surface area (Å²) in [5, 5.41) is 5.37. The third-order valence-corrected chi connectivity index (χ3v) is 9.61. The average Bonchev–Trinajstić information content (AvgIpc) is 3.17. The highest BCUT2D eigenvalue weighted by molar-refractivity contribution is 6.14. The van der Waals surface area contributed by atoms with E-state index in [0.717, 1.165) is 46.2 Å². The molecule has 0 bridgehead atoms. The highest BCUT2D eigenvalue weighted by atomic mass is 14.6. The van der Waals surface area contributed by atoms with E-state index in [4.69, 9.17) is 5.73 Å². The molecule has 0 saturated heterocycles. The molecule has 0 aliphatic heterocycles. The molecule has 0 unspecified atom stereocenters. The average molecular weight is 617 g/mol. The van der Waals surface area contributed by atoms with Crippen molar-refractivity contribution in [1.29, 1.82) is 0 Å². The van der Waals surface area contributed by atoms with Crippen LogP contribution in [-0.4, -0.2) is 4.98 Å². The zero-order valence-corrected chi connectivity index (χ0v) is 27.0. The van der Waals surface area contributed by atoms with Crippen LogP contribution in [0.4, 0.5) is 0 Å². The number of pyridine rings is 1. The Morgan fingerprint density at radius 2 is 1.21 bits per heavy atom. The largest absolute Gasteiger partial charge is 0.405 e. The monoisotopic (exact) mass is 616 g/mol. The SMILES string of the molecule is C/C=C(\C=C/N)c1cc(-c2ccncc2)cc(-c2cccc(-c3cccc(-c4ccc5c6c(c7ccccc7c5c4)CCC=C6)c3)c2)c1. The Morgan fingerprint density at radius 3 is 1.90 bits per heavy atom. The zero-order valence-electron chi connectivity index (χ0n) is 27.0. The van der Waals surface area contributed by atoms with Crippen LogP contribution >= 0.6 is 0 Å². The van der Waals surface area contributed by atoms with Gasteiger partial charge in [0.05, 0.1) is 0 Å². The van der Waals surface area contributed by atoms with Crippen LogP contribution in [0, 0.1) is 0 Å². The van der Waals surface area contributed by atoms with Gasteiger partial charge in [-0.2, -0.15) is 0 Å². The Hall–Kier alpha value is -5.99.